The summed E-state index contributed by atoms with van der Waals surface area (Å²) in [5, 5.41) is 13.9. The maximum atomic E-state index is 10.9. The van der Waals surface area contributed by atoms with Gasteiger partial charge in [0.1, 0.15) is 12.0 Å². The number of nitrogens with one attached hydrogen (secondary N) is 1. The molecule has 5 heteroatoms. The molecule has 1 aromatic rings. The summed E-state index contributed by atoms with van der Waals surface area (Å²) < 4.78 is 0. The Labute approximate surface area is 100.0 Å². The Morgan fingerprint density at radius 2 is 2.24 bits per heavy atom. The molecule has 0 fully saturated rings. The van der Waals surface area contributed by atoms with E-state index < -0.39 is 4.92 Å². The van der Waals surface area contributed by atoms with Crippen molar-refractivity contribution >= 4 is 17.7 Å². The smallest absolute Gasteiger partial charge is 0.293 e. The predicted octanol–water partition coefficient (Wildman–Crippen LogP) is 2.87. The Morgan fingerprint density at radius 3 is 2.76 bits per heavy atom. The van der Waals surface area contributed by atoms with E-state index in [1.807, 2.05) is 0 Å². The number of aldehydes is 1. The topological polar surface area (TPSA) is 72.2 Å². The summed E-state index contributed by atoms with van der Waals surface area (Å²) in [7, 11) is 0. The van der Waals surface area contributed by atoms with E-state index in [2.05, 4.69) is 19.2 Å². The number of hydrogen-bond acceptors (Lipinski definition) is 4. The van der Waals surface area contributed by atoms with Crippen molar-refractivity contribution in [3.05, 3.63) is 33.9 Å². The van der Waals surface area contributed by atoms with Crippen LogP contribution in [-0.2, 0) is 0 Å². The summed E-state index contributed by atoms with van der Waals surface area (Å²) in [5.41, 5.74) is 0.713. The molecule has 92 valence electrons. The summed E-state index contributed by atoms with van der Waals surface area (Å²) in [6, 6.07) is 4.43. The highest BCUT2D eigenvalue weighted by atomic mass is 16.6. The number of rotatable bonds is 6. The van der Waals surface area contributed by atoms with Crippen LogP contribution in [0.5, 0.6) is 0 Å². The molecule has 0 saturated carbocycles. The lowest BCUT2D eigenvalue weighted by atomic mass is 10.1. The van der Waals surface area contributed by atoms with Gasteiger partial charge in [0.25, 0.3) is 5.69 Å². The molecular weight excluding hydrogens is 220 g/mol. The van der Waals surface area contributed by atoms with Crippen LogP contribution in [0.1, 0.15) is 30.6 Å². The van der Waals surface area contributed by atoms with E-state index in [1.165, 1.54) is 6.07 Å². The molecule has 0 bridgehead atoms. The zero-order valence-corrected chi connectivity index (χ0v) is 9.97. The lowest BCUT2D eigenvalue weighted by Gasteiger charge is -2.11. The first-order valence-electron chi connectivity index (χ1n) is 5.56. The highest BCUT2D eigenvalue weighted by Gasteiger charge is 2.14. The van der Waals surface area contributed by atoms with E-state index in [4.69, 9.17) is 0 Å². The minimum absolute atomic E-state index is 0.0575. The lowest BCUT2D eigenvalue weighted by molar-refractivity contribution is -0.384. The van der Waals surface area contributed by atoms with Gasteiger partial charge < -0.3 is 5.32 Å². The Morgan fingerprint density at radius 1 is 1.53 bits per heavy atom. The van der Waals surface area contributed by atoms with Gasteiger partial charge in [0.2, 0.25) is 0 Å². The summed E-state index contributed by atoms with van der Waals surface area (Å²) in [4.78, 5) is 20.9. The van der Waals surface area contributed by atoms with Gasteiger partial charge >= 0.3 is 0 Å². The fourth-order valence-corrected chi connectivity index (χ4v) is 1.35. The molecule has 0 saturated heterocycles. The minimum Gasteiger partial charge on any atom is -0.379 e. The van der Waals surface area contributed by atoms with E-state index >= 15 is 0 Å². The van der Waals surface area contributed by atoms with Gasteiger partial charge in [-0.25, -0.2) is 0 Å². The van der Waals surface area contributed by atoms with Crippen molar-refractivity contribution in [2.45, 2.75) is 20.3 Å². The number of hydrogen-bond donors (Lipinski definition) is 1. The van der Waals surface area contributed by atoms with Crippen molar-refractivity contribution in [2.75, 3.05) is 11.9 Å². The van der Waals surface area contributed by atoms with E-state index in [-0.39, 0.29) is 5.69 Å². The second-order valence-corrected chi connectivity index (χ2v) is 4.05. The van der Waals surface area contributed by atoms with Crippen molar-refractivity contribution in [3.8, 4) is 0 Å². The summed E-state index contributed by atoms with van der Waals surface area (Å²) in [5.74, 6) is 0.445. The molecule has 1 N–H and O–H groups in total. The maximum Gasteiger partial charge on any atom is 0.293 e. The van der Waals surface area contributed by atoms with Gasteiger partial charge in [0.05, 0.1) is 4.92 Å². The van der Waals surface area contributed by atoms with Gasteiger partial charge in [-0.2, -0.15) is 0 Å². The Bertz CT molecular complexity index is 418. The van der Waals surface area contributed by atoms with Gasteiger partial charge in [-0.3, -0.25) is 14.9 Å². The summed E-state index contributed by atoms with van der Waals surface area (Å²) >= 11 is 0. The van der Waals surface area contributed by atoms with Crippen LogP contribution in [0.2, 0.25) is 0 Å². The molecule has 1 atom stereocenters. The fraction of sp³-hybridized carbons (Fsp3) is 0.417. The normalized spacial score (nSPS) is 11.9. The molecule has 0 aromatic heterocycles. The van der Waals surface area contributed by atoms with Crippen molar-refractivity contribution < 1.29 is 9.72 Å². The van der Waals surface area contributed by atoms with Crippen molar-refractivity contribution in [1.82, 2.24) is 0 Å². The molecule has 17 heavy (non-hydrogen) atoms. The van der Waals surface area contributed by atoms with Crippen molar-refractivity contribution in [2.24, 2.45) is 5.92 Å². The molecule has 1 rings (SSSR count). The molecule has 0 aliphatic carbocycles. The first-order valence-corrected chi connectivity index (χ1v) is 5.56. The van der Waals surface area contributed by atoms with Crippen LogP contribution in [0.15, 0.2) is 18.2 Å². The molecule has 0 aliphatic heterocycles. The standard InChI is InChI=1S/C12H16N2O3/c1-3-9(2)7-13-11-5-4-10(8-15)6-12(11)14(16)17/h4-6,8-9,13H,3,7H2,1-2H3. The van der Waals surface area contributed by atoms with Crippen LogP contribution in [0, 0.1) is 16.0 Å². The van der Waals surface area contributed by atoms with Gasteiger partial charge in [0.15, 0.2) is 0 Å². The average molecular weight is 236 g/mol. The monoisotopic (exact) mass is 236 g/mol. The third-order valence-electron chi connectivity index (χ3n) is 2.69. The molecule has 0 heterocycles. The average Bonchev–Trinajstić information content (AvgIpc) is 2.35. The van der Waals surface area contributed by atoms with Crippen LogP contribution in [-0.4, -0.2) is 17.8 Å². The number of carbonyl (C=O) groups excluding carboxylic acids is 1. The number of carbonyl (C=O) groups is 1. The lowest BCUT2D eigenvalue weighted by Crippen LogP contribution is -2.11. The summed E-state index contributed by atoms with van der Waals surface area (Å²) in [6.07, 6.45) is 1.61. The van der Waals surface area contributed by atoms with Crippen LogP contribution >= 0.6 is 0 Å². The molecule has 0 radical (unpaired) electrons. The van der Waals surface area contributed by atoms with E-state index in [0.29, 0.717) is 30.0 Å². The quantitative estimate of drug-likeness (QED) is 0.468. The van der Waals surface area contributed by atoms with E-state index in [1.54, 1.807) is 12.1 Å². The van der Waals surface area contributed by atoms with Gasteiger partial charge in [0, 0.05) is 18.2 Å². The molecular formula is C12H16N2O3. The van der Waals surface area contributed by atoms with Crippen LogP contribution in [0.25, 0.3) is 0 Å². The third kappa shape index (κ3) is 3.55. The Kier molecular flexibility index (Phi) is 4.63. The van der Waals surface area contributed by atoms with Crippen LogP contribution in [0.4, 0.5) is 11.4 Å². The maximum absolute atomic E-state index is 10.9. The summed E-state index contributed by atoms with van der Waals surface area (Å²) in [6.45, 7) is 4.81. The highest BCUT2D eigenvalue weighted by Crippen LogP contribution is 2.25. The minimum atomic E-state index is -0.480. The zero-order chi connectivity index (χ0) is 12.8. The number of anilines is 1. The molecule has 0 amide bonds. The molecule has 0 aliphatic rings. The zero-order valence-electron chi connectivity index (χ0n) is 9.97. The number of benzene rings is 1. The molecule has 1 unspecified atom stereocenters. The molecule has 1 aromatic carbocycles. The third-order valence-corrected chi connectivity index (χ3v) is 2.69. The van der Waals surface area contributed by atoms with Crippen molar-refractivity contribution in [1.29, 1.82) is 0 Å². The Balaban J connectivity index is 2.90. The van der Waals surface area contributed by atoms with Crippen molar-refractivity contribution in [3.63, 3.8) is 0 Å². The second-order valence-electron chi connectivity index (χ2n) is 4.05. The fourth-order valence-electron chi connectivity index (χ4n) is 1.35. The molecule has 5 nitrogen and oxygen atoms in total. The molecule has 0 spiro atoms. The SMILES string of the molecule is CCC(C)CNc1ccc(C=O)cc1[N+](=O)[O-]. The van der Waals surface area contributed by atoms with E-state index in [9.17, 15) is 14.9 Å². The van der Waals surface area contributed by atoms with Crippen LogP contribution < -0.4 is 5.32 Å². The van der Waals surface area contributed by atoms with E-state index in [0.717, 1.165) is 6.42 Å². The number of nitrogens with zero attached hydrogens (tertiary/aromatic N) is 1. The first kappa shape index (κ1) is 13.2. The largest absolute Gasteiger partial charge is 0.379 e. The predicted molar refractivity (Wildman–Crippen MR) is 66.4 cm³/mol. The van der Waals surface area contributed by atoms with Gasteiger partial charge in [-0.05, 0) is 18.1 Å². The van der Waals surface area contributed by atoms with Gasteiger partial charge in [-0.1, -0.05) is 20.3 Å². The second kappa shape index (κ2) is 5.98. The number of nitro benzene ring substituents is 1. The Hall–Kier alpha value is -1.91. The van der Waals surface area contributed by atoms with Gasteiger partial charge in [-0.15, -0.1) is 0 Å². The first-order chi connectivity index (χ1) is 8.08. The highest BCUT2D eigenvalue weighted by molar-refractivity contribution is 5.79. The van der Waals surface area contributed by atoms with Crippen LogP contribution in [0.3, 0.4) is 0 Å². The number of nitro groups is 1.